The SMILES string of the molecule is O[C@@H](CN1CCCc2ccccc21)Cn1c2ccccc2c2ccccc21. The lowest BCUT2D eigenvalue weighted by molar-refractivity contribution is 0.161. The number of β-amino-alcohol motifs (C(OH)–C–C–N with tert-alkyl or cyclic N) is 1. The summed E-state index contributed by atoms with van der Waals surface area (Å²) in [6, 6.07) is 25.5. The fraction of sp³-hybridized carbons (Fsp3) is 0.250. The number of anilines is 1. The normalized spacial score (nSPS) is 15.2. The summed E-state index contributed by atoms with van der Waals surface area (Å²) in [4.78, 5) is 2.34. The van der Waals surface area contributed by atoms with Gasteiger partial charge >= 0.3 is 0 Å². The summed E-state index contributed by atoms with van der Waals surface area (Å²) in [6.07, 6.45) is 1.87. The first kappa shape index (κ1) is 16.4. The lowest BCUT2D eigenvalue weighted by atomic mass is 10.0. The van der Waals surface area contributed by atoms with Crippen LogP contribution in [-0.4, -0.2) is 28.9 Å². The quantitative estimate of drug-likeness (QED) is 0.578. The van der Waals surface area contributed by atoms with Crippen LogP contribution in [0.2, 0.25) is 0 Å². The van der Waals surface area contributed by atoms with Crippen LogP contribution < -0.4 is 4.90 Å². The number of fused-ring (bicyclic) bond motifs is 4. The zero-order chi connectivity index (χ0) is 18.2. The molecule has 136 valence electrons. The molecular formula is C24H24N2O. The van der Waals surface area contributed by atoms with Crippen LogP contribution in [0.5, 0.6) is 0 Å². The maximum atomic E-state index is 11.0. The van der Waals surface area contributed by atoms with E-state index in [4.69, 9.17) is 0 Å². The van der Waals surface area contributed by atoms with Crippen molar-refractivity contribution in [3.63, 3.8) is 0 Å². The van der Waals surface area contributed by atoms with E-state index >= 15 is 0 Å². The Hall–Kier alpha value is -2.78. The lowest BCUT2D eigenvalue weighted by Gasteiger charge is -2.33. The van der Waals surface area contributed by atoms with E-state index in [-0.39, 0.29) is 0 Å². The van der Waals surface area contributed by atoms with Gasteiger partial charge in [0.15, 0.2) is 0 Å². The average Bonchev–Trinajstić information content (AvgIpc) is 3.02. The minimum absolute atomic E-state index is 0.421. The molecule has 0 spiro atoms. The predicted molar refractivity (Wildman–Crippen MR) is 112 cm³/mol. The average molecular weight is 356 g/mol. The molecule has 0 amide bonds. The molecule has 1 atom stereocenters. The van der Waals surface area contributed by atoms with E-state index in [0.717, 1.165) is 19.4 Å². The fourth-order valence-corrected chi connectivity index (χ4v) is 4.52. The maximum absolute atomic E-state index is 11.0. The van der Waals surface area contributed by atoms with Crippen molar-refractivity contribution < 1.29 is 5.11 Å². The van der Waals surface area contributed by atoms with Gasteiger partial charge in [-0.25, -0.2) is 0 Å². The van der Waals surface area contributed by atoms with E-state index < -0.39 is 6.10 Å². The molecule has 3 heteroatoms. The Morgan fingerprint density at radius 2 is 1.41 bits per heavy atom. The third-order valence-electron chi connectivity index (χ3n) is 5.71. The summed E-state index contributed by atoms with van der Waals surface area (Å²) in [5.41, 5.74) is 5.06. The molecule has 1 aliphatic rings. The molecule has 1 aromatic heterocycles. The minimum atomic E-state index is -0.421. The standard InChI is InChI=1S/C24H24N2O/c27-19(16-25-15-7-9-18-8-1-4-12-22(18)25)17-26-23-13-5-2-10-20(23)21-11-3-6-14-24(21)26/h1-6,8,10-14,19,27H,7,9,15-17H2/t19-/m0/s1. The van der Waals surface area contributed by atoms with Gasteiger partial charge in [0.05, 0.1) is 12.6 Å². The van der Waals surface area contributed by atoms with Crippen molar-refractivity contribution in [1.29, 1.82) is 0 Å². The van der Waals surface area contributed by atoms with Gasteiger partial charge in [-0.2, -0.15) is 0 Å². The highest BCUT2D eigenvalue weighted by Gasteiger charge is 2.20. The largest absolute Gasteiger partial charge is 0.389 e. The Morgan fingerprint density at radius 1 is 0.778 bits per heavy atom. The smallest absolute Gasteiger partial charge is 0.0893 e. The van der Waals surface area contributed by atoms with Crippen LogP contribution >= 0.6 is 0 Å². The topological polar surface area (TPSA) is 28.4 Å². The molecule has 1 N–H and O–H groups in total. The number of aliphatic hydroxyl groups is 1. The van der Waals surface area contributed by atoms with E-state index in [1.807, 2.05) is 0 Å². The molecule has 0 saturated carbocycles. The van der Waals surface area contributed by atoms with Crippen LogP contribution in [0.4, 0.5) is 5.69 Å². The fourth-order valence-electron chi connectivity index (χ4n) is 4.52. The number of nitrogens with zero attached hydrogens (tertiary/aromatic N) is 2. The first-order chi connectivity index (χ1) is 13.3. The van der Waals surface area contributed by atoms with Crippen LogP contribution in [-0.2, 0) is 13.0 Å². The third-order valence-corrected chi connectivity index (χ3v) is 5.71. The number of aromatic nitrogens is 1. The summed E-state index contributed by atoms with van der Waals surface area (Å²) in [7, 11) is 0. The molecule has 0 radical (unpaired) electrons. The highest BCUT2D eigenvalue weighted by atomic mass is 16.3. The highest BCUT2D eigenvalue weighted by Crippen LogP contribution is 2.30. The van der Waals surface area contributed by atoms with Crippen molar-refractivity contribution >= 4 is 27.5 Å². The van der Waals surface area contributed by atoms with Crippen LogP contribution in [0.1, 0.15) is 12.0 Å². The molecule has 5 rings (SSSR count). The molecule has 3 nitrogen and oxygen atoms in total. The second-order valence-corrected chi connectivity index (χ2v) is 7.48. The van der Waals surface area contributed by atoms with E-state index in [2.05, 4.69) is 82.3 Å². The number of rotatable bonds is 4. The number of aliphatic hydroxyl groups excluding tert-OH is 1. The molecule has 1 aliphatic heterocycles. The van der Waals surface area contributed by atoms with Gasteiger partial charge in [-0.15, -0.1) is 0 Å². The number of aryl methyl sites for hydroxylation is 1. The molecule has 0 saturated heterocycles. The van der Waals surface area contributed by atoms with Crippen LogP contribution in [0.15, 0.2) is 72.8 Å². The molecule has 27 heavy (non-hydrogen) atoms. The van der Waals surface area contributed by atoms with E-state index in [1.54, 1.807) is 0 Å². The van der Waals surface area contributed by atoms with Gasteiger partial charge < -0.3 is 14.6 Å². The summed E-state index contributed by atoms with van der Waals surface area (Å²) in [5.74, 6) is 0. The van der Waals surface area contributed by atoms with E-state index in [0.29, 0.717) is 13.1 Å². The van der Waals surface area contributed by atoms with Gasteiger partial charge in [-0.05, 0) is 36.6 Å². The van der Waals surface area contributed by atoms with Crippen LogP contribution in [0, 0.1) is 0 Å². The maximum Gasteiger partial charge on any atom is 0.0893 e. The van der Waals surface area contributed by atoms with Gasteiger partial charge in [0.1, 0.15) is 0 Å². The summed E-state index contributed by atoms with van der Waals surface area (Å²) in [6.45, 7) is 2.28. The summed E-state index contributed by atoms with van der Waals surface area (Å²) in [5, 5.41) is 13.5. The van der Waals surface area contributed by atoms with Gasteiger partial charge in [-0.3, -0.25) is 0 Å². The van der Waals surface area contributed by atoms with Crippen molar-refractivity contribution in [2.45, 2.75) is 25.5 Å². The Balaban J connectivity index is 1.46. The minimum Gasteiger partial charge on any atom is -0.389 e. The van der Waals surface area contributed by atoms with Crippen molar-refractivity contribution in [3.05, 3.63) is 78.4 Å². The first-order valence-corrected chi connectivity index (χ1v) is 9.78. The Morgan fingerprint density at radius 3 is 2.15 bits per heavy atom. The molecule has 4 aromatic rings. The lowest BCUT2D eigenvalue weighted by Crippen LogP contribution is -2.38. The predicted octanol–water partition coefficient (Wildman–Crippen LogP) is 4.61. The third kappa shape index (κ3) is 2.88. The second-order valence-electron chi connectivity index (χ2n) is 7.48. The highest BCUT2D eigenvalue weighted by molar-refractivity contribution is 6.07. The Kier molecular flexibility index (Phi) is 4.10. The van der Waals surface area contributed by atoms with E-state index in [1.165, 1.54) is 33.1 Å². The molecular weight excluding hydrogens is 332 g/mol. The zero-order valence-corrected chi connectivity index (χ0v) is 15.4. The van der Waals surface area contributed by atoms with E-state index in [9.17, 15) is 5.11 Å². The Labute approximate surface area is 159 Å². The molecule has 3 aromatic carbocycles. The molecule has 0 aliphatic carbocycles. The first-order valence-electron chi connectivity index (χ1n) is 9.78. The van der Waals surface area contributed by atoms with Crippen molar-refractivity contribution in [3.8, 4) is 0 Å². The van der Waals surface area contributed by atoms with Crippen molar-refractivity contribution in [1.82, 2.24) is 4.57 Å². The number of hydrogen-bond acceptors (Lipinski definition) is 2. The number of para-hydroxylation sites is 3. The summed E-state index contributed by atoms with van der Waals surface area (Å²) < 4.78 is 2.27. The molecule has 0 bridgehead atoms. The van der Waals surface area contributed by atoms with Crippen molar-refractivity contribution in [2.75, 3.05) is 18.0 Å². The molecule has 0 unspecified atom stereocenters. The monoisotopic (exact) mass is 356 g/mol. The zero-order valence-electron chi connectivity index (χ0n) is 15.4. The molecule has 2 heterocycles. The number of hydrogen-bond donors (Lipinski definition) is 1. The van der Waals surface area contributed by atoms with Gasteiger partial charge in [0, 0.05) is 40.6 Å². The summed E-state index contributed by atoms with van der Waals surface area (Å²) >= 11 is 0. The second kappa shape index (κ2) is 6.75. The van der Waals surface area contributed by atoms with Crippen LogP contribution in [0.25, 0.3) is 21.8 Å². The van der Waals surface area contributed by atoms with Crippen molar-refractivity contribution in [2.24, 2.45) is 0 Å². The Bertz CT molecular complexity index is 1040. The van der Waals surface area contributed by atoms with Crippen LogP contribution in [0.3, 0.4) is 0 Å². The van der Waals surface area contributed by atoms with Gasteiger partial charge in [-0.1, -0.05) is 54.6 Å². The van der Waals surface area contributed by atoms with Gasteiger partial charge in [0.2, 0.25) is 0 Å². The molecule has 0 fully saturated rings. The number of benzene rings is 3. The van der Waals surface area contributed by atoms with Gasteiger partial charge in [0.25, 0.3) is 0 Å².